The number of hydrogen-bond acceptors (Lipinski definition) is 2. The molecule has 19 heavy (non-hydrogen) atoms. The van der Waals surface area contributed by atoms with Crippen LogP contribution in [0.3, 0.4) is 0 Å². The van der Waals surface area contributed by atoms with Gasteiger partial charge in [0.15, 0.2) is 0 Å². The van der Waals surface area contributed by atoms with E-state index in [1.54, 1.807) is 0 Å². The highest BCUT2D eigenvalue weighted by Gasteiger charge is 2.24. The predicted octanol–water partition coefficient (Wildman–Crippen LogP) is 4.18. The maximum absolute atomic E-state index is 6.18. The molecule has 0 aliphatic carbocycles. The van der Waals surface area contributed by atoms with Gasteiger partial charge in [-0.15, -0.1) is 0 Å². The molecule has 1 aromatic carbocycles. The summed E-state index contributed by atoms with van der Waals surface area (Å²) in [5.41, 5.74) is 2.33. The summed E-state index contributed by atoms with van der Waals surface area (Å²) in [6.45, 7) is 10.3. The second kappa shape index (κ2) is 6.62. The average Bonchev–Trinajstić information content (AvgIpc) is 2.44. The van der Waals surface area contributed by atoms with Gasteiger partial charge in [0.25, 0.3) is 0 Å². The molecule has 0 radical (unpaired) electrons. The van der Waals surface area contributed by atoms with E-state index in [-0.39, 0.29) is 0 Å². The molecule has 1 aliphatic rings. The predicted molar refractivity (Wildman–Crippen MR) is 84.1 cm³/mol. The van der Waals surface area contributed by atoms with Crippen molar-refractivity contribution >= 4 is 17.3 Å². The molecule has 2 nitrogen and oxygen atoms in total. The van der Waals surface area contributed by atoms with E-state index in [4.69, 9.17) is 11.6 Å². The third kappa shape index (κ3) is 3.64. The Kier molecular flexibility index (Phi) is 5.12. The van der Waals surface area contributed by atoms with Crippen molar-refractivity contribution in [2.45, 2.75) is 39.7 Å². The summed E-state index contributed by atoms with van der Waals surface area (Å²) in [5.74, 6) is 0.729. The number of benzene rings is 1. The molecular weight excluding hydrogens is 256 g/mol. The fourth-order valence-electron chi connectivity index (χ4n) is 2.91. The molecule has 0 amide bonds. The molecule has 0 bridgehead atoms. The van der Waals surface area contributed by atoms with Crippen LogP contribution in [0.15, 0.2) is 18.2 Å². The molecule has 2 rings (SSSR count). The Morgan fingerprint density at radius 1 is 1.47 bits per heavy atom. The molecule has 2 unspecified atom stereocenters. The summed E-state index contributed by atoms with van der Waals surface area (Å²) in [6, 6.07) is 6.58. The molecule has 1 aromatic rings. The van der Waals surface area contributed by atoms with Crippen molar-refractivity contribution in [1.29, 1.82) is 0 Å². The van der Waals surface area contributed by atoms with Crippen LogP contribution in [0.25, 0.3) is 0 Å². The van der Waals surface area contributed by atoms with Gasteiger partial charge in [-0.05, 0) is 63.4 Å². The van der Waals surface area contributed by atoms with Crippen molar-refractivity contribution in [1.82, 2.24) is 4.90 Å². The van der Waals surface area contributed by atoms with Crippen LogP contribution in [0.5, 0.6) is 0 Å². The molecule has 1 saturated heterocycles. The monoisotopic (exact) mass is 280 g/mol. The number of piperidine rings is 1. The van der Waals surface area contributed by atoms with Crippen molar-refractivity contribution in [2.24, 2.45) is 5.92 Å². The highest BCUT2D eigenvalue weighted by Crippen LogP contribution is 2.27. The highest BCUT2D eigenvalue weighted by atomic mass is 35.5. The Morgan fingerprint density at radius 2 is 2.26 bits per heavy atom. The van der Waals surface area contributed by atoms with E-state index in [1.807, 2.05) is 12.1 Å². The van der Waals surface area contributed by atoms with E-state index in [0.717, 1.165) is 16.5 Å². The number of nitrogens with one attached hydrogen (secondary N) is 1. The van der Waals surface area contributed by atoms with Gasteiger partial charge >= 0.3 is 0 Å². The normalized spacial score (nSPS) is 22.2. The van der Waals surface area contributed by atoms with Gasteiger partial charge in [-0.3, -0.25) is 0 Å². The van der Waals surface area contributed by atoms with Crippen LogP contribution < -0.4 is 5.32 Å². The van der Waals surface area contributed by atoms with Crippen LogP contribution in [-0.4, -0.2) is 30.6 Å². The van der Waals surface area contributed by atoms with E-state index in [0.29, 0.717) is 6.04 Å². The van der Waals surface area contributed by atoms with Gasteiger partial charge in [0, 0.05) is 23.3 Å². The molecule has 1 heterocycles. The summed E-state index contributed by atoms with van der Waals surface area (Å²) in [6.07, 6.45) is 2.64. The Morgan fingerprint density at radius 3 is 3.00 bits per heavy atom. The van der Waals surface area contributed by atoms with E-state index in [9.17, 15) is 0 Å². The minimum absolute atomic E-state index is 0.492. The number of nitrogens with zero attached hydrogens (tertiary/aromatic N) is 1. The van der Waals surface area contributed by atoms with Gasteiger partial charge in [-0.1, -0.05) is 24.6 Å². The maximum Gasteiger partial charge on any atom is 0.0455 e. The molecule has 3 heteroatoms. The van der Waals surface area contributed by atoms with Crippen molar-refractivity contribution in [2.75, 3.05) is 25.0 Å². The number of halogens is 1. The molecule has 2 atom stereocenters. The van der Waals surface area contributed by atoms with E-state index >= 15 is 0 Å². The van der Waals surface area contributed by atoms with Crippen LogP contribution >= 0.6 is 11.6 Å². The first kappa shape index (κ1) is 14.7. The van der Waals surface area contributed by atoms with E-state index < -0.39 is 0 Å². The number of likely N-dealkylation sites (tertiary alicyclic amines) is 1. The van der Waals surface area contributed by atoms with Gasteiger partial charge < -0.3 is 10.2 Å². The molecule has 1 aliphatic heterocycles. The molecule has 0 spiro atoms. The van der Waals surface area contributed by atoms with E-state index in [2.05, 4.69) is 37.1 Å². The third-order valence-corrected chi connectivity index (χ3v) is 4.76. The molecule has 106 valence electrons. The SMILES string of the molecule is CCN1CCCC(C(C)Nc2cccc(Cl)c2C)C1. The zero-order valence-electron chi connectivity index (χ0n) is 12.2. The Balaban J connectivity index is 2.00. The van der Waals surface area contributed by atoms with Gasteiger partial charge in [0.05, 0.1) is 0 Å². The number of rotatable bonds is 4. The minimum Gasteiger partial charge on any atom is -0.382 e. The number of hydrogen-bond donors (Lipinski definition) is 1. The lowest BCUT2D eigenvalue weighted by atomic mass is 9.91. The molecule has 1 N–H and O–H groups in total. The lowest BCUT2D eigenvalue weighted by molar-refractivity contribution is 0.172. The van der Waals surface area contributed by atoms with Crippen LogP contribution in [0.2, 0.25) is 5.02 Å². The van der Waals surface area contributed by atoms with Crippen molar-refractivity contribution in [3.05, 3.63) is 28.8 Å². The number of anilines is 1. The topological polar surface area (TPSA) is 15.3 Å². The van der Waals surface area contributed by atoms with Gasteiger partial charge in [-0.25, -0.2) is 0 Å². The van der Waals surface area contributed by atoms with Gasteiger partial charge in [-0.2, -0.15) is 0 Å². The minimum atomic E-state index is 0.492. The smallest absolute Gasteiger partial charge is 0.0455 e. The Hall–Kier alpha value is -0.730. The van der Waals surface area contributed by atoms with E-state index in [1.165, 1.54) is 38.2 Å². The van der Waals surface area contributed by atoms with Crippen LogP contribution in [0.1, 0.15) is 32.3 Å². The van der Waals surface area contributed by atoms with Crippen molar-refractivity contribution < 1.29 is 0 Å². The second-order valence-electron chi connectivity index (χ2n) is 5.64. The maximum atomic E-state index is 6.18. The molecule has 0 saturated carbocycles. The highest BCUT2D eigenvalue weighted by molar-refractivity contribution is 6.31. The van der Waals surface area contributed by atoms with Crippen molar-refractivity contribution in [3.63, 3.8) is 0 Å². The van der Waals surface area contributed by atoms with Crippen LogP contribution in [0.4, 0.5) is 5.69 Å². The fraction of sp³-hybridized carbons (Fsp3) is 0.625. The fourth-order valence-corrected chi connectivity index (χ4v) is 3.09. The summed E-state index contributed by atoms with van der Waals surface area (Å²) in [7, 11) is 0. The van der Waals surface area contributed by atoms with Crippen LogP contribution in [-0.2, 0) is 0 Å². The van der Waals surface area contributed by atoms with Gasteiger partial charge in [0.1, 0.15) is 0 Å². The van der Waals surface area contributed by atoms with Crippen LogP contribution in [0, 0.1) is 12.8 Å². The standard InChI is InChI=1S/C16H25ClN2/c1-4-19-10-6-7-14(11-19)13(3)18-16-9-5-8-15(17)12(16)2/h5,8-9,13-14,18H,4,6-7,10-11H2,1-3H3. The third-order valence-electron chi connectivity index (χ3n) is 4.35. The lowest BCUT2D eigenvalue weighted by Gasteiger charge is -2.36. The molecule has 1 fully saturated rings. The van der Waals surface area contributed by atoms with Crippen molar-refractivity contribution in [3.8, 4) is 0 Å². The summed E-state index contributed by atoms with van der Waals surface area (Å²) in [5, 5.41) is 4.50. The average molecular weight is 281 g/mol. The molecule has 0 aromatic heterocycles. The first-order valence-corrected chi connectivity index (χ1v) is 7.73. The summed E-state index contributed by atoms with van der Waals surface area (Å²) < 4.78 is 0. The quantitative estimate of drug-likeness (QED) is 0.890. The van der Waals surface area contributed by atoms with Gasteiger partial charge in [0.2, 0.25) is 0 Å². The first-order valence-electron chi connectivity index (χ1n) is 7.35. The summed E-state index contributed by atoms with van der Waals surface area (Å²) in [4.78, 5) is 2.55. The summed E-state index contributed by atoms with van der Waals surface area (Å²) >= 11 is 6.18. The second-order valence-corrected chi connectivity index (χ2v) is 6.05. The molecular formula is C16H25ClN2. The Bertz CT molecular complexity index is 419. The zero-order chi connectivity index (χ0) is 13.8. The first-order chi connectivity index (χ1) is 9.11. The lowest BCUT2D eigenvalue weighted by Crippen LogP contribution is -2.41. The Labute approximate surface area is 122 Å². The largest absolute Gasteiger partial charge is 0.382 e. The zero-order valence-corrected chi connectivity index (χ0v) is 13.0.